The maximum absolute atomic E-state index is 12.7. The maximum atomic E-state index is 12.7. The van der Waals surface area contributed by atoms with Crippen LogP contribution in [0.1, 0.15) is 19.7 Å². The minimum absolute atomic E-state index is 0.102. The Balaban J connectivity index is 1.56. The standard InChI is InChI=1S/C18H17N5OS3/c1-10(2)19-17-22-23-18(27-17)26-9-13-20-15(24)14-12(8-25-16(14)21-13)11-6-4-3-5-7-11/h3-8,10H,9H2,1-2H3,(H,19,22)(H,20,21,24). The van der Waals surface area contributed by atoms with E-state index in [2.05, 4.69) is 39.3 Å². The third-order valence-electron chi connectivity index (χ3n) is 3.73. The molecule has 9 heteroatoms. The summed E-state index contributed by atoms with van der Waals surface area (Å²) < 4.78 is 0.844. The first-order valence-electron chi connectivity index (χ1n) is 8.39. The number of nitrogens with one attached hydrogen (secondary N) is 2. The second-order valence-electron chi connectivity index (χ2n) is 6.17. The van der Waals surface area contributed by atoms with Crippen LogP contribution >= 0.6 is 34.4 Å². The predicted octanol–water partition coefficient (Wildman–Crippen LogP) is 4.62. The zero-order valence-corrected chi connectivity index (χ0v) is 17.2. The molecule has 0 saturated carbocycles. The van der Waals surface area contributed by atoms with Crippen molar-refractivity contribution in [1.82, 2.24) is 20.2 Å². The van der Waals surface area contributed by atoms with E-state index in [4.69, 9.17) is 0 Å². The Kier molecular flexibility index (Phi) is 5.24. The van der Waals surface area contributed by atoms with E-state index in [1.165, 1.54) is 34.4 Å². The first kappa shape index (κ1) is 18.1. The summed E-state index contributed by atoms with van der Waals surface area (Å²) in [4.78, 5) is 21.0. The molecule has 0 atom stereocenters. The third kappa shape index (κ3) is 4.05. The van der Waals surface area contributed by atoms with Crippen LogP contribution in [0.25, 0.3) is 21.3 Å². The molecular formula is C18H17N5OS3. The van der Waals surface area contributed by atoms with Gasteiger partial charge in [-0.15, -0.1) is 21.5 Å². The molecule has 2 N–H and O–H groups in total. The molecule has 0 amide bonds. The second-order valence-corrected chi connectivity index (χ2v) is 9.23. The number of thiophene rings is 1. The van der Waals surface area contributed by atoms with Crippen molar-refractivity contribution in [2.24, 2.45) is 0 Å². The largest absolute Gasteiger partial charge is 0.358 e. The molecule has 0 bridgehead atoms. The van der Waals surface area contributed by atoms with Gasteiger partial charge < -0.3 is 10.3 Å². The van der Waals surface area contributed by atoms with Crippen molar-refractivity contribution in [2.75, 3.05) is 5.32 Å². The lowest BCUT2D eigenvalue weighted by molar-refractivity contribution is 0.883. The highest BCUT2D eigenvalue weighted by atomic mass is 32.2. The molecule has 3 aromatic heterocycles. The first-order valence-corrected chi connectivity index (χ1v) is 11.1. The number of anilines is 1. The van der Waals surface area contributed by atoms with E-state index in [9.17, 15) is 4.79 Å². The molecule has 6 nitrogen and oxygen atoms in total. The quantitative estimate of drug-likeness (QED) is 0.447. The number of benzene rings is 1. The molecule has 0 aliphatic heterocycles. The van der Waals surface area contributed by atoms with Gasteiger partial charge in [0.1, 0.15) is 10.7 Å². The molecular weight excluding hydrogens is 398 g/mol. The molecule has 4 aromatic rings. The van der Waals surface area contributed by atoms with E-state index < -0.39 is 0 Å². The SMILES string of the molecule is CC(C)Nc1nnc(SCc2nc3scc(-c4ccccc4)c3c(=O)[nH]2)s1. The zero-order valence-electron chi connectivity index (χ0n) is 14.7. The number of hydrogen-bond donors (Lipinski definition) is 2. The van der Waals surface area contributed by atoms with E-state index in [1.54, 1.807) is 0 Å². The molecule has 0 fully saturated rings. The number of thioether (sulfide) groups is 1. The first-order chi connectivity index (χ1) is 13.1. The molecule has 4 rings (SSSR count). The Labute approximate surface area is 168 Å². The molecule has 0 unspecified atom stereocenters. The number of fused-ring (bicyclic) bond motifs is 1. The third-order valence-corrected chi connectivity index (χ3v) is 6.60. The summed E-state index contributed by atoms with van der Waals surface area (Å²) in [6.45, 7) is 4.12. The van der Waals surface area contributed by atoms with Gasteiger partial charge >= 0.3 is 0 Å². The molecule has 1 aromatic carbocycles. The number of aromatic nitrogens is 4. The lowest BCUT2D eigenvalue weighted by Crippen LogP contribution is -2.10. The van der Waals surface area contributed by atoms with Crippen molar-refractivity contribution in [1.29, 1.82) is 0 Å². The molecule has 0 spiro atoms. The molecule has 3 heterocycles. The van der Waals surface area contributed by atoms with Gasteiger partial charge in [0, 0.05) is 17.0 Å². The molecule has 27 heavy (non-hydrogen) atoms. The second kappa shape index (κ2) is 7.79. The van der Waals surface area contributed by atoms with Gasteiger partial charge in [-0.2, -0.15) is 0 Å². The van der Waals surface area contributed by atoms with Crippen LogP contribution in [0.15, 0.2) is 44.8 Å². The van der Waals surface area contributed by atoms with Crippen LogP contribution in [0, 0.1) is 0 Å². The summed E-state index contributed by atoms with van der Waals surface area (Å²) in [5.74, 6) is 1.19. The smallest absolute Gasteiger partial charge is 0.260 e. The van der Waals surface area contributed by atoms with Crippen LogP contribution in [-0.2, 0) is 5.75 Å². The van der Waals surface area contributed by atoms with Crippen molar-refractivity contribution < 1.29 is 0 Å². The molecule has 138 valence electrons. The Morgan fingerprint density at radius 2 is 2.04 bits per heavy atom. The van der Waals surface area contributed by atoms with Gasteiger partial charge in [-0.1, -0.05) is 53.4 Å². The van der Waals surface area contributed by atoms with Gasteiger partial charge in [-0.3, -0.25) is 4.79 Å². The average Bonchev–Trinajstić information content (AvgIpc) is 3.27. The molecule has 0 radical (unpaired) electrons. The lowest BCUT2D eigenvalue weighted by Gasteiger charge is -2.03. The van der Waals surface area contributed by atoms with Crippen molar-refractivity contribution in [3.05, 3.63) is 51.9 Å². The summed E-state index contributed by atoms with van der Waals surface area (Å²) >= 11 is 4.51. The normalized spacial score (nSPS) is 11.4. The Bertz CT molecular complexity index is 1120. The van der Waals surface area contributed by atoms with E-state index in [0.29, 0.717) is 23.0 Å². The van der Waals surface area contributed by atoms with Crippen molar-refractivity contribution in [3.8, 4) is 11.1 Å². The Hall–Kier alpha value is -2.23. The number of rotatable bonds is 6. The topological polar surface area (TPSA) is 83.6 Å². The predicted molar refractivity (Wildman–Crippen MR) is 114 cm³/mol. The van der Waals surface area contributed by atoms with Crippen LogP contribution in [-0.4, -0.2) is 26.2 Å². The van der Waals surface area contributed by atoms with Gasteiger partial charge in [0.25, 0.3) is 5.56 Å². The van der Waals surface area contributed by atoms with Gasteiger partial charge in [0.2, 0.25) is 5.13 Å². The van der Waals surface area contributed by atoms with E-state index in [0.717, 1.165) is 25.4 Å². The fraction of sp³-hybridized carbons (Fsp3) is 0.222. The number of nitrogens with zero attached hydrogens (tertiary/aromatic N) is 3. The van der Waals surface area contributed by atoms with Crippen molar-refractivity contribution in [2.45, 2.75) is 30.0 Å². The highest BCUT2D eigenvalue weighted by Crippen LogP contribution is 2.32. The van der Waals surface area contributed by atoms with Crippen LogP contribution in [0.2, 0.25) is 0 Å². The van der Waals surface area contributed by atoms with Crippen LogP contribution in [0.4, 0.5) is 5.13 Å². The van der Waals surface area contributed by atoms with Crippen molar-refractivity contribution >= 4 is 49.8 Å². The van der Waals surface area contributed by atoms with Crippen LogP contribution in [0.3, 0.4) is 0 Å². The van der Waals surface area contributed by atoms with Crippen LogP contribution < -0.4 is 10.9 Å². The summed E-state index contributed by atoms with van der Waals surface area (Å²) in [6.07, 6.45) is 0. The Morgan fingerprint density at radius 1 is 1.22 bits per heavy atom. The summed E-state index contributed by atoms with van der Waals surface area (Å²) in [5.41, 5.74) is 1.85. The zero-order chi connectivity index (χ0) is 18.8. The van der Waals surface area contributed by atoms with E-state index in [1.807, 2.05) is 35.7 Å². The molecule has 0 aliphatic rings. The summed E-state index contributed by atoms with van der Waals surface area (Å²) in [6, 6.07) is 10.2. The van der Waals surface area contributed by atoms with Crippen molar-refractivity contribution in [3.63, 3.8) is 0 Å². The number of H-pyrrole nitrogens is 1. The summed E-state index contributed by atoms with van der Waals surface area (Å²) in [5, 5.41) is 15.0. The lowest BCUT2D eigenvalue weighted by atomic mass is 10.1. The molecule has 0 aliphatic carbocycles. The monoisotopic (exact) mass is 415 g/mol. The fourth-order valence-corrected chi connectivity index (χ4v) is 5.33. The fourth-order valence-electron chi connectivity index (χ4n) is 2.60. The van der Waals surface area contributed by atoms with Crippen LogP contribution in [0.5, 0.6) is 0 Å². The highest BCUT2D eigenvalue weighted by Gasteiger charge is 2.13. The minimum atomic E-state index is -0.102. The molecule has 0 saturated heterocycles. The van der Waals surface area contributed by atoms with Gasteiger partial charge in [-0.25, -0.2) is 4.98 Å². The number of aromatic amines is 1. The average molecular weight is 416 g/mol. The van der Waals surface area contributed by atoms with E-state index >= 15 is 0 Å². The summed E-state index contributed by atoms with van der Waals surface area (Å²) in [7, 11) is 0. The van der Waals surface area contributed by atoms with Gasteiger partial charge in [0.05, 0.1) is 11.1 Å². The van der Waals surface area contributed by atoms with Gasteiger partial charge in [-0.05, 0) is 19.4 Å². The maximum Gasteiger partial charge on any atom is 0.260 e. The number of hydrogen-bond acceptors (Lipinski definition) is 8. The highest BCUT2D eigenvalue weighted by molar-refractivity contribution is 8.00. The van der Waals surface area contributed by atoms with E-state index in [-0.39, 0.29) is 5.56 Å². The Morgan fingerprint density at radius 3 is 2.81 bits per heavy atom. The van der Waals surface area contributed by atoms with Gasteiger partial charge in [0.15, 0.2) is 4.34 Å². The minimum Gasteiger partial charge on any atom is -0.358 e.